The third-order valence-corrected chi connectivity index (χ3v) is 4.94. The number of hydrogen-bond acceptors (Lipinski definition) is 5. The summed E-state index contributed by atoms with van der Waals surface area (Å²) in [7, 11) is 1.63. The van der Waals surface area contributed by atoms with Crippen molar-refractivity contribution < 1.29 is 9.53 Å². The topological polar surface area (TPSA) is 106 Å². The number of aromatic nitrogens is 3. The van der Waals surface area contributed by atoms with E-state index in [9.17, 15) is 14.4 Å². The second kappa shape index (κ2) is 9.39. The Kier molecular flexibility index (Phi) is 6.66. The fraction of sp³-hybridized carbons (Fsp3) is 0.364. The van der Waals surface area contributed by atoms with Gasteiger partial charge in [0.1, 0.15) is 11.4 Å². The lowest BCUT2D eigenvalue weighted by molar-refractivity contribution is 0.0938. The van der Waals surface area contributed by atoms with Crippen LogP contribution in [0.5, 0.6) is 5.75 Å². The van der Waals surface area contributed by atoms with E-state index >= 15 is 0 Å². The molecule has 30 heavy (non-hydrogen) atoms. The summed E-state index contributed by atoms with van der Waals surface area (Å²) in [6, 6.07) is 9.25. The molecule has 3 aromatic rings. The van der Waals surface area contributed by atoms with E-state index in [2.05, 4.69) is 15.3 Å². The Balaban J connectivity index is 1.71. The molecule has 2 N–H and O–H groups in total. The number of rotatable bonds is 8. The molecule has 2 heterocycles. The van der Waals surface area contributed by atoms with E-state index in [1.54, 1.807) is 7.11 Å². The van der Waals surface area contributed by atoms with Gasteiger partial charge in [0.15, 0.2) is 0 Å². The maximum Gasteiger partial charge on any atom is 0.329 e. The summed E-state index contributed by atoms with van der Waals surface area (Å²) < 4.78 is 6.57. The molecular formula is C22H26N4O4. The van der Waals surface area contributed by atoms with Crippen molar-refractivity contribution in [2.45, 2.75) is 45.7 Å². The zero-order valence-electron chi connectivity index (χ0n) is 17.4. The van der Waals surface area contributed by atoms with Gasteiger partial charge < -0.3 is 10.1 Å². The summed E-state index contributed by atoms with van der Waals surface area (Å²) >= 11 is 0. The molecule has 0 aliphatic rings. The normalized spacial score (nSPS) is 12.0. The second-order valence-electron chi connectivity index (χ2n) is 7.27. The van der Waals surface area contributed by atoms with Crippen molar-refractivity contribution in [2.24, 2.45) is 0 Å². The molecule has 0 aliphatic heterocycles. The van der Waals surface area contributed by atoms with Gasteiger partial charge in [0.25, 0.3) is 11.5 Å². The van der Waals surface area contributed by atoms with Crippen molar-refractivity contribution in [3.05, 3.63) is 68.5 Å². The molecule has 1 aromatic carbocycles. The zero-order valence-corrected chi connectivity index (χ0v) is 17.4. The van der Waals surface area contributed by atoms with Crippen molar-refractivity contribution in [1.29, 1.82) is 0 Å². The van der Waals surface area contributed by atoms with Gasteiger partial charge >= 0.3 is 5.69 Å². The number of methoxy groups -OCH3 is 1. The third kappa shape index (κ3) is 4.76. The molecule has 8 heteroatoms. The lowest BCUT2D eigenvalue weighted by atomic mass is 10.1. The van der Waals surface area contributed by atoms with E-state index in [1.807, 2.05) is 38.1 Å². The van der Waals surface area contributed by atoms with Crippen LogP contribution < -0.4 is 21.3 Å². The number of benzene rings is 1. The Bertz CT molecular complexity index is 1150. The number of amides is 1. The van der Waals surface area contributed by atoms with Gasteiger partial charge in [-0.3, -0.25) is 19.1 Å². The summed E-state index contributed by atoms with van der Waals surface area (Å²) in [6.07, 6.45) is 3.69. The molecule has 0 spiro atoms. The number of aryl methyl sites for hydroxylation is 2. The van der Waals surface area contributed by atoms with Crippen molar-refractivity contribution in [2.75, 3.05) is 7.11 Å². The number of nitrogens with zero attached hydrogens (tertiary/aromatic N) is 2. The molecule has 8 nitrogen and oxygen atoms in total. The Morgan fingerprint density at radius 1 is 1.27 bits per heavy atom. The molecule has 0 radical (unpaired) electrons. The van der Waals surface area contributed by atoms with Gasteiger partial charge in [0.2, 0.25) is 0 Å². The van der Waals surface area contributed by atoms with Crippen molar-refractivity contribution in [3.63, 3.8) is 0 Å². The minimum atomic E-state index is -0.544. The highest BCUT2D eigenvalue weighted by Crippen LogP contribution is 2.14. The molecule has 1 atom stereocenters. The van der Waals surface area contributed by atoms with Gasteiger partial charge in [-0.1, -0.05) is 19.1 Å². The van der Waals surface area contributed by atoms with Crippen molar-refractivity contribution in [3.8, 4) is 5.75 Å². The van der Waals surface area contributed by atoms with Crippen LogP contribution in [0.2, 0.25) is 0 Å². The predicted molar refractivity (Wildman–Crippen MR) is 115 cm³/mol. The number of aromatic amines is 1. The Hall–Kier alpha value is -3.42. The first kappa shape index (κ1) is 21.3. The molecule has 0 aliphatic carbocycles. The molecule has 2 aromatic heterocycles. The first-order valence-corrected chi connectivity index (χ1v) is 9.99. The molecule has 1 unspecified atom stereocenters. The Labute approximate surface area is 173 Å². The average Bonchev–Trinajstić information content (AvgIpc) is 2.75. The van der Waals surface area contributed by atoms with Crippen molar-refractivity contribution in [1.82, 2.24) is 19.9 Å². The van der Waals surface area contributed by atoms with Crippen molar-refractivity contribution >= 4 is 16.9 Å². The minimum absolute atomic E-state index is 0.0670. The van der Waals surface area contributed by atoms with E-state index in [1.165, 1.54) is 16.8 Å². The van der Waals surface area contributed by atoms with Crippen LogP contribution in [0.3, 0.4) is 0 Å². The number of carbonyl (C=O) groups is 1. The molecular weight excluding hydrogens is 384 g/mol. The monoisotopic (exact) mass is 410 g/mol. The fourth-order valence-corrected chi connectivity index (χ4v) is 3.28. The Morgan fingerprint density at radius 2 is 2.00 bits per heavy atom. The average molecular weight is 410 g/mol. The zero-order chi connectivity index (χ0) is 21.7. The SMILES string of the molecule is CCCn1c(=O)[nH]c(=O)c2cc(C(=O)NC(C)CCc3ccc(OC)cc3)cnc21. The van der Waals surface area contributed by atoms with Gasteiger partial charge in [-0.2, -0.15) is 0 Å². The second-order valence-corrected chi connectivity index (χ2v) is 7.27. The molecule has 0 bridgehead atoms. The highest BCUT2D eigenvalue weighted by molar-refractivity contribution is 5.96. The lowest BCUT2D eigenvalue weighted by Crippen LogP contribution is -2.34. The largest absolute Gasteiger partial charge is 0.497 e. The highest BCUT2D eigenvalue weighted by Gasteiger charge is 2.14. The van der Waals surface area contributed by atoms with E-state index in [0.717, 1.165) is 30.6 Å². The number of fused-ring (bicyclic) bond motifs is 1. The fourth-order valence-electron chi connectivity index (χ4n) is 3.28. The molecule has 0 saturated heterocycles. The van der Waals surface area contributed by atoms with Crippen LogP contribution in [-0.2, 0) is 13.0 Å². The maximum atomic E-state index is 12.6. The number of H-pyrrole nitrogens is 1. The van der Waals surface area contributed by atoms with E-state index in [4.69, 9.17) is 4.74 Å². The molecule has 0 saturated carbocycles. The maximum absolute atomic E-state index is 12.6. The van der Waals surface area contributed by atoms with E-state index in [-0.39, 0.29) is 28.5 Å². The molecule has 0 fully saturated rings. The predicted octanol–water partition coefficient (Wildman–Crippen LogP) is 2.25. The van der Waals surface area contributed by atoms with Crippen LogP contribution in [0.1, 0.15) is 42.6 Å². The van der Waals surface area contributed by atoms with Gasteiger partial charge in [0, 0.05) is 18.8 Å². The van der Waals surface area contributed by atoms with E-state index in [0.29, 0.717) is 6.54 Å². The highest BCUT2D eigenvalue weighted by atomic mass is 16.5. The first-order chi connectivity index (χ1) is 14.4. The van der Waals surface area contributed by atoms with Crippen LogP contribution in [-0.4, -0.2) is 33.6 Å². The van der Waals surface area contributed by atoms with Gasteiger partial charge in [-0.15, -0.1) is 0 Å². The summed E-state index contributed by atoms with van der Waals surface area (Å²) in [6.45, 7) is 4.30. The summed E-state index contributed by atoms with van der Waals surface area (Å²) in [5.41, 5.74) is 0.689. The molecule has 1 amide bonds. The minimum Gasteiger partial charge on any atom is -0.497 e. The number of hydrogen-bond donors (Lipinski definition) is 2. The van der Waals surface area contributed by atoms with Crippen LogP contribution in [0.4, 0.5) is 0 Å². The van der Waals surface area contributed by atoms with Gasteiger partial charge in [-0.05, 0) is 49.9 Å². The third-order valence-electron chi connectivity index (χ3n) is 4.94. The molecule has 3 rings (SSSR count). The summed E-state index contributed by atoms with van der Waals surface area (Å²) in [4.78, 5) is 43.4. The lowest BCUT2D eigenvalue weighted by Gasteiger charge is -2.14. The number of nitrogens with one attached hydrogen (secondary N) is 2. The van der Waals surface area contributed by atoms with Crippen LogP contribution in [0.25, 0.3) is 11.0 Å². The smallest absolute Gasteiger partial charge is 0.329 e. The van der Waals surface area contributed by atoms with Crippen LogP contribution in [0.15, 0.2) is 46.1 Å². The summed E-state index contributed by atoms with van der Waals surface area (Å²) in [5, 5.41) is 3.16. The quantitative estimate of drug-likeness (QED) is 0.592. The number of ether oxygens (including phenoxy) is 1. The van der Waals surface area contributed by atoms with Gasteiger partial charge in [0.05, 0.1) is 18.1 Å². The standard InChI is InChI=1S/C22H26N4O4/c1-4-11-26-19-18(21(28)25-22(26)29)12-16(13-23-19)20(27)24-14(2)5-6-15-7-9-17(30-3)10-8-15/h7-10,12-14H,4-6,11H2,1-3H3,(H,24,27)(H,25,28,29). The van der Waals surface area contributed by atoms with E-state index < -0.39 is 11.2 Å². The number of carbonyl (C=O) groups excluding carboxylic acids is 1. The van der Waals surface area contributed by atoms with Crippen LogP contribution in [0, 0.1) is 0 Å². The first-order valence-electron chi connectivity index (χ1n) is 9.99. The van der Waals surface area contributed by atoms with Crippen LogP contribution >= 0.6 is 0 Å². The summed E-state index contributed by atoms with van der Waals surface area (Å²) in [5.74, 6) is 0.502. The van der Waals surface area contributed by atoms with Gasteiger partial charge in [-0.25, -0.2) is 9.78 Å². The Morgan fingerprint density at radius 3 is 2.67 bits per heavy atom. The number of pyridine rings is 1. The molecule has 158 valence electrons.